The van der Waals surface area contributed by atoms with Gasteiger partial charge in [0.1, 0.15) is 11.5 Å². The van der Waals surface area contributed by atoms with Gasteiger partial charge in [-0.2, -0.15) is 0 Å². The van der Waals surface area contributed by atoms with Crippen LogP contribution in [-0.2, 0) is 11.2 Å². The molecule has 0 aliphatic carbocycles. The summed E-state index contributed by atoms with van der Waals surface area (Å²) in [6, 6.07) is 9.14. The van der Waals surface area contributed by atoms with Gasteiger partial charge in [0.05, 0.1) is 17.8 Å². The molecule has 1 aliphatic heterocycles. The van der Waals surface area contributed by atoms with Gasteiger partial charge in [-0.05, 0) is 36.8 Å². The summed E-state index contributed by atoms with van der Waals surface area (Å²) in [4.78, 5) is 15.8. The number of fused-ring (bicyclic) bond motifs is 2. The lowest BCUT2D eigenvalue weighted by molar-refractivity contribution is -0.115. The van der Waals surface area contributed by atoms with Gasteiger partial charge in [0.2, 0.25) is 5.91 Å². The van der Waals surface area contributed by atoms with Crippen LogP contribution >= 0.6 is 0 Å². The molecule has 1 amide bonds. The molecule has 21 heavy (non-hydrogen) atoms. The van der Waals surface area contributed by atoms with Crippen molar-refractivity contribution in [2.24, 2.45) is 0 Å². The van der Waals surface area contributed by atoms with Crippen molar-refractivity contribution in [2.45, 2.75) is 13.3 Å². The van der Waals surface area contributed by atoms with Crippen LogP contribution in [0.25, 0.3) is 16.7 Å². The number of carbonyl (C=O) groups is 1. The summed E-state index contributed by atoms with van der Waals surface area (Å²) in [7, 11) is 0. The lowest BCUT2D eigenvalue weighted by Crippen LogP contribution is -2.04. The summed E-state index contributed by atoms with van der Waals surface area (Å²) >= 11 is 0. The van der Waals surface area contributed by atoms with Crippen molar-refractivity contribution in [2.75, 3.05) is 5.32 Å². The van der Waals surface area contributed by atoms with E-state index in [0.717, 1.165) is 16.7 Å². The molecule has 0 saturated carbocycles. The van der Waals surface area contributed by atoms with Gasteiger partial charge in [0.25, 0.3) is 0 Å². The van der Waals surface area contributed by atoms with Gasteiger partial charge < -0.3 is 5.32 Å². The third kappa shape index (κ3) is 1.74. The highest BCUT2D eigenvalue weighted by atomic mass is 19.1. The molecule has 0 bridgehead atoms. The van der Waals surface area contributed by atoms with E-state index in [1.54, 1.807) is 6.20 Å². The fourth-order valence-electron chi connectivity index (χ4n) is 2.90. The molecular weight excluding hydrogens is 269 g/mol. The number of nitrogens with one attached hydrogen (secondary N) is 1. The van der Waals surface area contributed by atoms with Crippen molar-refractivity contribution in [3.8, 4) is 5.69 Å². The number of hydrogen-bond donors (Lipinski definition) is 1. The van der Waals surface area contributed by atoms with E-state index in [0.29, 0.717) is 16.9 Å². The molecule has 0 saturated heterocycles. The van der Waals surface area contributed by atoms with Gasteiger partial charge in [0, 0.05) is 23.3 Å². The van der Waals surface area contributed by atoms with Crippen molar-refractivity contribution < 1.29 is 9.18 Å². The number of benzene rings is 1. The van der Waals surface area contributed by atoms with Gasteiger partial charge in [-0.3, -0.25) is 9.36 Å². The topological polar surface area (TPSA) is 46.9 Å². The number of hydrogen-bond acceptors (Lipinski definition) is 2. The van der Waals surface area contributed by atoms with Crippen molar-refractivity contribution in [1.82, 2.24) is 9.55 Å². The first kappa shape index (κ1) is 12.1. The molecule has 0 spiro atoms. The van der Waals surface area contributed by atoms with Crippen LogP contribution < -0.4 is 5.32 Å². The molecule has 104 valence electrons. The lowest BCUT2D eigenvalue weighted by atomic mass is 10.1. The minimum atomic E-state index is -0.412. The zero-order valence-corrected chi connectivity index (χ0v) is 11.4. The van der Waals surface area contributed by atoms with Gasteiger partial charge >= 0.3 is 0 Å². The second-order valence-electron chi connectivity index (χ2n) is 5.22. The lowest BCUT2D eigenvalue weighted by Gasteiger charge is -2.10. The molecule has 1 aromatic carbocycles. The predicted molar refractivity (Wildman–Crippen MR) is 78.1 cm³/mol. The quantitative estimate of drug-likeness (QED) is 0.745. The van der Waals surface area contributed by atoms with Crippen molar-refractivity contribution in [3.63, 3.8) is 0 Å². The molecule has 0 atom stereocenters. The maximum atomic E-state index is 14.2. The maximum Gasteiger partial charge on any atom is 0.228 e. The number of aryl methyl sites for hydroxylation is 1. The van der Waals surface area contributed by atoms with E-state index < -0.39 is 5.82 Å². The molecule has 1 aliphatic rings. The van der Waals surface area contributed by atoms with E-state index in [-0.39, 0.29) is 12.3 Å². The van der Waals surface area contributed by atoms with Crippen LogP contribution in [0.1, 0.15) is 11.3 Å². The minimum absolute atomic E-state index is 0.173. The number of anilines is 1. The van der Waals surface area contributed by atoms with Crippen molar-refractivity contribution >= 4 is 22.6 Å². The summed E-state index contributed by atoms with van der Waals surface area (Å²) in [5.74, 6) is -0.584. The van der Waals surface area contributed by atoms with E-state index in [4.69, 9.17) is 0 Å². The van der Waals surface area contributed by atoms with Gasteiger partial charge in [-0.1, -0.05) is 0 Å². The summed E-state index contributed by atoms with van der Waals surface area (Å²) < 4.78 is 16.1. The fourth-order valence-corrected chi connectivity index (χ4v) is 2.90. The summed E-state index contributed by atoms with van der Waals surface area (Å²) in [5.41, 5.74) is 3.43. The van der Waals surface area contributed by atoms with Gasteiger partial charge in [-0.15, -0.1) is 0 Å². The number of aromatic nitrogens is 2. The molecule has 3 heterocycles. The van der Waals surface area contributed by atoms with Crippen LogP contribution in [0.2, 0.25) is 0 Å². The Morgan fingerprint density at radius 3 is 3.05 bits per heavy atom. The Balaban J connectivity index is 1.98. The van der Waals surface area contributed by atoms with E-state index in [2.05, 4.69) is 10.3 Å². The third-order valence-electron chi connectivity index (χ3n) is 3.78. The molecule has 5 heteroatoms. The van der Waals surface area contributed by atoms with Crippen LogP contribution in [0.4, 0.5) is 10.1 Å². The van der Waals surface area contributed by atoms with Crippen LogP contribution in [0.5, 0.6) is 0 Å². The molecular formula is C16H12FN3O. The number of pyridine rings is 1. The highest BCUT2D eigenvalue weighted by Gasteiger charge is 2.23. The normalized spacial score (nSPS) is 13.5. The Labute approximate surface area is 120 Å². The highest BCUT2D eigenvalue weighted by molar-refractivity contribution is 5.99. The molecule has 1 N–H and O–H groups in total. The second-order valence-corrected chi connectivity index (χ2v) is 5.22. The van der Waals surface area contributed by atoms with Crippen LogP contribution in [-0.4, -0.2) is 15.5 Å². The van der Waals surface area contributed by atoms with Crippen LogP contribution in [0, 0.1) is 12.7 Å². The number of amides is 1. The molecule has 3 aromatic rings. The van der Waals surface area contributed by atoms with Crippen LogP contribution in [0.3, 0.4) is 0 Å². The molecule has 2 aromatic heterocycles. The zero-order valence-electron chi connectivity index (χ0n) is 11.4. The molecule has 4 rings (SSSR count). The largest absolute Gasteiger partial charge is 0.323 e. The average Bonchev–Trinajstić information content (AvgIpc) is 2.97. The van der Waals surface area contributed by atoms with E-state index >= 15 is 0 Å². The van der Waals surface area contributed by atoms with Gasteiger partial charge in [0.15, 0.2) is 0 Å². The Hall–Kier alpha value is -2.69. The molecule has 4 nitrogen and oxygen atoms in total. The summed E-state index contributed by atoms with van der Waals surface area (Å²) in [6.45, 7) is 1.95. The SMILES string of the molecule is Cc1cc2cccnc2n1-c1cc(F)c2c(c1)CC(=O)N2. The number of carbonyl (C=O) groups excluding carboxylic acids is 1. The van der Waals surface area contributed by atoms with Crippen LogP contribution in [0.15, 0.2) is 36.5 Å². The third-order valence-corrected chi connectivity index (χ3v) is 3.78. The molecule has 0 fully saturated rings. The number of halogens is 1. The second kappa shape index (κ2) is 4.15. The van der Waals surface area contributed by atoms with Crippen molar-refractivity contribution in [3.05, 3.63) is 53.6 Å². The summed E-state index contributed by atoms with van der Waals surface area (Å²) in [6.07, 6.45) is 1.93. The maximum absolute atomic E-state index is 14.2. The van der Waals surface area contributed by atoms with Crippen molar-refractivity contribution in [1.29, 1.82) is 0 Å². The Morgan fingerprint density at radius 2 is 2.19 bits per heavy atom. The monoisotopic (exact) mass is 281 g/mol. The zero-order chi connectivity index (χ0) is 14.6. The first-order valence-electron chi connectivity index (χ1n) is 6.69. The first-order chi connectivity index (χ1) is 10.1. The Bertz CT molecular complexity index is 898. The minimum Gasteiger partial charge on any atom is -0.323 e. The van der Waals surface area contributed by atoms with E-state index in [9.17, 15) is 9.18 Å². The highest BCUT2D eigenvalue weighted by Crippen LogP contribution is 2.31. The molecule has 0 radical (unpaired) electrons. The number of nitrogens with zero attached hydrogens (tertiary/aromatic N) is 2. The molecule has 0 unspecified atom stereocenters. The smallest absolute Gasteiger partial charge is 0.228 e. The van der Waals surface area contributed by atoms with E-state index in [1.165, 1.54) is 6.07 Å². The Kier molecular flexibility index (Phi) is 2.39. The average molecular weight is 281 g/mol. The predicted octanol–water partition coefficient (Wildman–Crippen LogP) is 2.97. The fraction of sp³-hybridized carbons (Fsp3) is 0.125. The summed E-state index contributed by atoms with van der Waals surface area (Å²) in [5, 5.41) is 3.56. The van der Waals surface area contributed by atoms with Gasteiger partial charge in [-0.25, -0.2) is 9.37 Å². The van der Waals surface area contributed by atoms with E-state index in [1.807, 2.05) is 35.8 Å². The first-order valence-corrected chi connectivity index (χ1v) is 6.69. The Morgan fingerprint density at radius 1 is 1.33 bits per heavy atom. The standard InChI is InChI=1S/C16H12FN3O/c1-9-5-10-3-2-4-18-16(10)20(9)12-6-11-7-14(21)19-15(11)13(17)8-12/h2-6,8H,7H2,1H3,(H,19,21). The number of rotatable bonds is 1.